The summed E-state index contributed by atoms with van der Waals surface area (Å²) >= 11 is 5.93. The van der Waals surface area contributed by atoms with Crippen molar-refractivity contribution in [3.05, 3.63) is 57.9 Å². The van der Waals surface area contributed by atoms with Crippen LogP contribution >= 0.6 is 11.6 Å². The molecule has 0 spiro atoms. The smallest absolute Gasteiger partial charge is 0.490 e. The van der Waals surface area contributed by atoms with E-state index in [-0.39, 0.29) is 41.7 Å². The molecule has 5 rings (SSSR count). The Morgan fingerprint density at radius 3 is 2.37 bits per heavy atom. The lowest BCUT2D eigenvalue weighted by Crippen LogP contribution is -2.44. The summed E-state index contributed by atoms with van der Waals surface area (Å²) in [5.74, 6) is -1.14. The largest absolute Gasteiger partial charge is 0.573 e. The molecule has 2 aromatic rings. The van der Waals surface area contributed by atoms with Crippen molar-refractivity contribution in [2.24, 2.45) is 0 Å². The Kier molecular flexibility index (Phi) is 8.47. The fourth-order valence-corrected chi connectivity index (χ4v) is 6.53. The molecule has 3 fully saturated rings. The number of halogens is 6. The van der Waals surface area contributed by atoms with Gasteiger partial charge in [0.15, 0.2) is 0 Å². The molecule has 3 aliphatic rings. The second-order valence-electron chi connectivity index (χ2n) is 11.0. The van der Waals surface area contributed by atoms with Gasteiger partial charge in [-0.25, -0.2) is 17.2 Å². The third-order valence-electron chi connectivity index (χ3n) is 7.55. The Hall–Kier alpha value is -2.19. The number of likely N-dealkylation sites (tertiary alicyclic amines) is 1. The van der Waals surface area contributed by atoms with Crippen LogP contribution in [0.4, 0.5) is 22.0 Å². The summed E-state index contributed by atoms with van der Waals surface area (Å²) in [6, 6.07) is 6.47. The summed E-state index contributed by atoms with van der Waals surface area (Å²) in [5, 5.41) is 9.66. The van der Waals surface area contributed by atoms with Crippen LogP contribution in [0.2, 0.25) is 5.02 Å². The summed E-state index contributed by atoms with van der Waals surface area (Å²) in [7, 11) is -3.75. The lowest BCUT2D eigenvalue weighted by Gasteiger charge is -2.36. The number of benzene rings is 2. The van der Waals surface area contributed by atoms with Gasteiger partial charge in [-0.2, -0.15) is 4.72 Å². The monoisotopic (exact) mass is 624 g/mol. The zero-order valence-corrected chi connectivity index (χ0v) is 23.5. The lowest BCUT2D eigenvalue weighted by atomic mass is 9.93. The van der Waals surface area contributed by atoms with Crippen molar-refractivity contribution >= 4 is 21.6 Å². The molecule has 41 heavy (non-hydrogen) atoms. The Labute approximate surface area is 239 Å². The first kappa shape index (κ1) is 30.3. The number of alkyl halides is 4. The van der Waals surface area contributed by atoms with E-state index in [0.29, 0.717) is 43.6 Å². The Balaban J connectivity index is 1.18. The van der Waals surface area contributed by atoms with Crippen LogP contribution in [0.15, 0.2) is 30.3 Å². The standard InChI is InChI=1S/C27H30ClF5N2O5S/c28-21-11-16(1-6-23(21)40-27(31,32)33)14-35-9-7-26(30,8-10-35)15-39-24-13-22(29)20(12-19(24)17-2-3-17)25(36)34-41(37,38)18-4-5-18/h1,6,11-13,17-18,25,34,36H,2-5,7-10,14-15H2. The summed E-state index contributed by atoms with van der Waals surface area (Å²) < 4.78 is 104. The maximum absolute atomic E-state index is 15.7. The van der Waals surface area contributed by atoms with E-state index in [4.69, 9.17) is 16.3 Å². The summed E-state index contributed by atoms with van der Waals surface area (Å²) in [6.45, 7) is 0.753. The van der Waals surface area contributed by atoms with Crippen LogP contribution in [-0.2, 0) is 16.6 Å². The van der Waals surface area contributed by atoms with Crippen LogP contribution in [0.1, 0.15) is 67.4 Å². The number of ether oxygens (including phenoxy) is 2. The molecule has 1 atom stereocenters. The minimum Gasteiger partial charge on any atom is -0.490 e. The van der Waals surface area contributed by atoms with Crippen LogP contribution in [0.5, 0.6) is 11.5 Å². The lowest BCUT2D eigenvalue weighted by molar-refractivity contribution is -0.274. The molecule has 1 unspecified atom stereocenters. The zero-order chi connectivity index (χ0) is 29.6. The van der Waals surface area contributed by atoms with Crippen LogP contribution in [-0.4, -0.2) is 55.4 Å². The predicted octanol–water partition coefficient (Wildman–Crippen LogP) is 5.71. The Morgan fingerprint density at radius 2 is 1.78 bits per heavy atom. The van der Waals surface area contributed by atoms with E-state index < -0.39 is 45.1 Å². The van der Waals surface area contributed by atoms with Crippen molar-refractivity contribution in [2.75, 3.05) is 19.7 Å². The molecule has 2 N–H and O–H groups in total. The average Bonchev–Trinajstić information content (AvgIpc) is 3.78. The van der Waals surface area contributed by atoms with Gasteiger partial charge in [-0.15, -0.1) is 13.2 Å². The number of nitrogens with one attached hydrogen (secondary N) is 1. The second kappa shape index (κ2) is 11.5. The van der Waals surface area contributed by atoms with Crippen molar-refractivity contribution in [3.8, 4) is 11.5 Å². The van der Waals surface area contributed by atoms with Crippen molar-refractivity contribution in [2.45, 2.75) is 74.5 Å². The number of aliphatic hydroxyl groups excluding tert-OH is 1. The first-order chi connectivity index (χ1) is 19.2. The number of hydrogen-bond acceptors (Lipinski definition) is 6. The molecular weight excluding hydrogens is 595 g/mol. The third-order valence-corrected chi connectivity index (χ3v) is 9.74. The Morgan fingerprint density at radius 1 is 1.10 bits per heavy atom. The van der Waals surface area contributed by atoms with Gasteiger partial charge in [0.1, 0.15) is 35.8 Å². The first-order valence-electron chi connectivity index (χ1n) is 13.3. The molecule has 2 aliphatic carbocycles. The molecule has 1 aliphatic heterocycles. The molecule has 1 saturated heterocycles. The molecule has 2 saturated carbocycles. The second-order valence-corrected chi connectivity index (χ2v) is 13.4. The van der Waals surface area contributed by atoms with Gasteiger partial charge < -0.3 is 14.6 Å². The molecule has 7 nitrogen and oxygen atoms in total. The van der Waals surface area contributed by atoms with E-state index in [2.05, 4.69) is 9.46 Å². The van der Waals surface area contributed by atoms with E-state index in [1.165, 1.54) is 18.2 Å². The summed E-state index contributed by atoms with van der Waals surface area (Å²) in [5.41, 5.74) is -0.640. The van der Waals surface area contributed by atoms with Crippen molar-refractivity contribution in [3.63, 3.8) is 0 Å². The highest BCUT2D eigenvalue weighted by molar-refractivity contribution is 7.90. The number of aliphatic hydroxyl groups is 1. The number of hydrogen-bond donors (Lipinski definition) is 2. The van der Waals surface area contributed by atoms with Gasteiger partial charge in [0.25, 0.3) is 0 Å². The number of piperidine rings is 1. The third kappa shape index (κ3) is 7.81. The van der Waals surface area contributed by atoms with E-state index in [0.717, 1.165) is 25.0 Å². The zero-order valence-electron chi connectivity index (χ0n) is 21.9. The van der Waals surface area contributed by atoms with E-state index in [1.54, 1.807) is 0 Å². The average molecular weight is 625 g/mol. The van der Waals surface area contributed by atoms with Gasteiger partial charge in [0.05, 0.1) is 10.3 Å². The molecule has 14 heteroatoms. The van der Waals surface area contributed by atoms with Gasteiger partial charge >= 0.3 is 6.36 Å². The number of rotatable bonds is 11. The first-order valence-corrected chi connectivity index (χ1v) is 15.2. The van der Waals surface area contributed by atoms with E-state index in [1.807, 2.05) is 4.90 Å². The van der Waals surface area contributed by atoms with Crippen LogP contribution in [0, 0.1) is 5.82 Å². The summed E-state index contributed by atoms with van der Waals surface area (Å²) in [4.78, 5) is 1.95. The molecule has 226 valence electrons. The molecule has 0 amide bonds. The van der Waals surface area contributed by atoms with E-state index >= 15 is 4.39 Å². The van der Waals surface area contributed by atoms with Crippen LogP contribution in [0.3, 0.4) is 0 Å². The summed E-state index contributed by atoms with van der Waals surface area (Å²) in [6.07, 6.45) is -3.73. The molecular formula is C27H30ClF5N2O5S. The predicted molar refractivity (Wildman–Crippen MR) is 140 cm³/mol. The highest BCUT2D eigenvalue weighted by atomic mass is 35.5. The molecule has 0 radical (unpaired) electrons. The van der Waals surface area contributed by atoms with E-state index in [9.17, 15) is 31.1 Å². The van der Waals surface area contributed by atoms with Gasteiger partial charge in [-0.05, 0) is 73.8 Å². The van der Waals surface area contributed by atoms with Crippen molar-refractivity contribution < 1.29 is 45.0 Å². The topological polar surface area (TPSA) is 88.1 Å². The molecule has 0 aromatic heterocycles. The maximum atomic E-state index is 15.7. The highest BCUT2D eigenvalue weighted by Crippen LogP contribution is 2.46. The van der Waals surface area contributed by atoms with Gasteiger partial charge in [0, 0.05) is 31.3 Å². The van der Waals surface area contributed by atoms with Gasteiger partial charge in [-0.1, -0.05) is 17.7 Å². The SMILES string of the molecule is O=S(=O)(NC(O)c1cc(C2CC2)c(OCC2(F)CCN(Cc3ccc(OC(F)(F)F)c(Cl)c3)CC2)cc1F)C1CC1. The van der Waals surface area contributed by atoms with Gasteiger partial charge in [0.2, 0.25) is 10.0 Å². The maximum Gasteiger partial charge on any atom is 0.573 e. The fraction of sp³-hybridized carbons (Fsp3) is 0.556. The minimum absolute atomic E-state index is 0.0498. The van der Waals surface area contributed by atoms with Crippen LogP contribution in [0.25, 0.3) is 0 Å². The van der Waals surface area contributed by atoms with Crippen molar-refractivity contribution in [1.82, 2.24) is 9.62 Å². The highest BCUT2D eigenvalue weighted by Gasteiger charge is 2.39. The van der Waals surface area contributed by atoms with Crippen molar-refractivity contribution in [1.29, 1.82) is 0 Å². The Bertz CT molecular complexity index is 1380. The molecule has 1 heterocycles. The number of sulfonamides is 1. The number of nitrogens with zero attached hydrogens (tertiary/aromatic N) is 1. The minimum atomic E-state index is -4.85. The van der Waals surface area contributed by atoms with Gasteiger partial charge in [-0.3, -0.25) is 4.90 Å². The molecule has 2 aromatic carbocycles. The fourth-order valence-electron chi connectivity index (χ4n) is 4.90. The quantitative estimate of drug-likeness (QED) is 0.246. The van der Waals surface area contributed by atoms with Crippen LogP contribution < -0.4 is 14.2 Å². The normalized spacial score (nSPS) is 20.6. The molecule has 0 bridgehead atoms.